The van der Waals surface area contributed by atoms with Crippen LogP contribution in [0.3, 0.4) is 0 Å². The Morgan fingerprint density at radius 1 is 0.513 bits per heavy atom. The number of aromatic hydroxyl groups is 2. The van der Waals surface area contributed by atoms with Crippen LogP contribution in [0.15, 0.2) is 0 Å². The molecule has 1 aromatic carbocycles. The van der Waals surface area contributed by atoms with Crippen molar-refractivity contribution < 1.29 is 24.8 Å². The van der Waals surface area contributed by atoms with Gasteiger partial charge in [0.1, 0.15) is 5.56 Å². The lowest BCUT2D eigenvalue weighted by atomic mass is 9.85. The van der Waals surface area contributed by atoms with Crippen LogP contribution in [0.1, 0.15) is 177 Å². The molecule has 0 bridgehead atoms. The summed E-state index contributed by atoms with van der Waals surface area (Å²) in [6.45, 7) is 8.91. The highest BCUT2D eigenvalue weighted by Crippen LogP contribution is 2.41. The van der Waals surface area contributed by atoms with E-state index in [4.69, 9.17) is 9.78 Å². The maximum absolute atomic E-state index is 13.1. The smallest absolute Gasteiger partial charge is 0.377 e. The minimum Gasteiger partial charge on any atom is -0.504 e. The third-order valence-corrected chi connectivity index (χ3v) is 7.74. The van der Waals surface area contributed by atoms with E-state index in [1.165, 1.54) is 77.0 Å². The number of hydrogen-bond donors (Lipinski definition) is 2. The maximum Gasteiger partial charge on any atom is 0.377 e. The molecule has 0 spiro atoms. The zero-order valence-electron chi connectivity index (χ0n) is 25.9. The predicted octanol–water partition coefficient (Wildman–Crippen LogP) is 10.3. The van der Waals surface area contributed by atoms with Crippen LogP contribution in [0, 0.1) is 0 Å². The lowest BCUT2D eigenvalue weighted by Gasteiger charge is -2.21. The van der Waals surface area contributed by atoms with Gasteiger partial charge in [0.2, 0.25) is 0 Å². The van der Waals surface area contributed by atoms with E-state index in [0.717, 1.165) is 74.5 Å². The van der Waals surface area contributed by atoms with E-state index < -0.39 is 5.97 Å². The second kappa shape index (κ2) is 23.0. The van der Waals surface area contributed by atoms with Gasteiger partial charge in [-0.05, 0) is 56.1 Å². The first-order valence-corrected chi connectivity index (χ1v) is 16.4. The zero-order valence-corrected chi connectivity index (χ0v) is 25.9. The van der Waals surface area contributed by atoms with Crippen molar-refractivity contribution in [1.82, 2.24) is 0 Å². The molecular weight excluding hydrogens is 488 g/mol. The Labute approximate surface area is 240 Å². The molecule has 0 radical (unpaired) electrons. The lowest BCUT2D eigenvalue weighted by Crippen LogP contribution is -2.14. The molecule has 39 heavy (non-hydrogen) atoms. The Morgan fingerprint density at radius 3 is 1.38 bits per heavy atom. The van der Waals surface area contributed by atoms with Gasteiger partial charge in [-0.25, -0.2) is 4.79 Å². The Bertz CT molecular complexity index is 774. The fourth-order valence-electron chi connectivity index (χ4n) is 5.41. The molecule has 0 saturated heterocycles. The average Bonchev–Trinajstić information content (AvgIpc) is 2.93. The Hall–Kier alpha value is -1.75. The van der Waals surface area contributed by atoms with E-state index in [9.17, 15) is 15.0 Å². The van der Waals surface area contributed by atoms with Gasteiger partial charge in [-0.3, -0.25) is 4.89 Å². The molecule has 0 amide bonds. The number of phenolic OH excluding ortho intramolecular Hbond substituents is 2. The Balaban J connectivity index is 3.27. The summed E-state index contributed by atoms with van der Waals surface area (Å²) >= 11 is 0. The molecule has 2 N–H and O–H groups in total. The third-order valence-electron chi connectivity index (χ3n) is 7.74. The normalized spacial score (nSPS) is 11.3. The highest BCUT2D eigenvalue weighted by molar-refractivity contribution is 5.95. The van der Waals surface area contributed by atoms with Crippen LogP contribution >= 0.6 is 0 Å². The van der Waals surface area contributed by atoms with Crippen molar-refractivity contribution in [2.45, 2.75) is 169 Å². The van der Waals surface area contributed by atoms with Gasteiger partial charge in [0, 0.05) is 5.56 Å². The molecule has 226 valence electrons. The second-order valence-electron chi connectivity index (χ2n) is 11.3. The summed E-state index contributed by atoms with van der Waals surface area (Å²) in [5, 5.41) is 22.3. The molecule has 0 heterocycles. The summed E-state index contributed by atoms with van der Waals surface area (Å²) in [6.07, 6.45) is 23.9. The molecule has 0 atom stereocenters. The third kappa shape index (κ3) is 13.9. The van der Waals surface area contributed by atoms with Gasteiger partial charge in [0.05, 0.1) is 6.61 Å². The molecule has 5 nitrogen and oxygen atoms in total. The number of rotatable bonds is 25. The lowest BCUT2D eigenvalue weighted by molar-refractivity contribution is -0.240. The van der Waals surface area contributed by atoms with Gasteiger partial charge >= 0.3 is 5.97 Å². The molecule has 0 aliphatic rings. The summed E-state index contributed by atoms with van der Waals surface area (Å²) in [6, 6.07) is 0. The first-order valence-electron chi connectivity index (χ1n) is 16.4. The Morgan fingerprint density at radius 2 is 0.923 bits per heavy atom. The predicted molar refractivity (Wildman–Crippen MR) is 163 cm³/mol. The SMILES string of the molecule is CCCCCCCCc1c(O)c(O)c(C(=O)OOCCC)c(CCCCCCCC)c1CCCCCCCC. The average molecular weight is 549 g/mol. The largest absolute Gasteiger partial charge is 0.504 e. The van der Waals surface area contributed by atoms with Gasteiger partial charge < -0.3 is 10.2 Å². The topological polar surface area (TPSA) is 76.0 Å². The minimum atomic E-state index is -0.701. The zero-order chi connectivity index (χ0) is 28.7. The van der Waals surface area contributed by atoms with E-state index in [1.54, 1.807) is 0 Å². The van der Waals surface area contributed by atoms with Gasteiger partial charge in [-0.15, -0.1) is 0 Å². The quantitative estimate of drug-likeness (QED) is 0.0550. The summed E-state index contributed by atoms with van der Waals surface area (Å²) < 4.78 is 0. The number of unbranched alkanes of at least 4 members (excludes halogenated alkanes) is 15. The van der Waals surface area contributed by atoms with Crippen LogP contribution in [-0.4, -0.2) is 22.8 Å². The van der Waals surface area contributed by atoms with Crippen molar-refractivity contribution in [3.05, 3.63) is 22.3 Å². The molecule has 0 aliphatic carbocycles. The van der Waals surface area contributed by atoms with E-state index >= 15 is 0 Å². The fourth-order valence-corrected chi connectivity index (χ4v) is 5.41. The Kier molecular flexibility index (Phi) is 20.8. The highest BCUT2D eigenvalue weighted by Gasteiger charge is 2.28. The summed E-state index contributed by atoms with van der Waals surface area (Å²) in [4.78, 5) is 23.3. The summed E-state index contributed by atoms with van der Waals surface area (Å²) in [5.74, 6) is -1.18. The second-order valence-corrected chi connectivity index (χ2v) is 11.3. The standard InChI is InChI=1S/C34H60O5/c1-5-9-12-15-18-21-24-28-29(25-22-19-16-13-10-6-2)31(34(37)39-38-27-8-4)33(36)32(35)30(28)26-23-20-17-14-11-7-3/h35-36H,5-27H2,1-4H3. The van der Waals surface area contributed by atoms with Crippen LogP contribution in [0.4, 0.5) is 0 Å². The molecule has 1 aromatic rings. The van der Waals surface area contributed by atoms with Crippen molar-refractivity contribution in [3.8, 4) is 11.5 Å². The van der Waals surface area contributed by atoms with Crippen molar-refractivity contribution in [1.29, 1.82) is 0 Å². The molecule has 5 heteroatoms. The number of carbonyl (C=O) groups is 1. The number of benzene rings is 1. The molecule has 0 saturated carbocycles. The van der Waals surface area contributed by atoms with E-state index in [2.05, 4.69) is 20.8 Å². The van der Waals surface area contributed by atoms with Crippen molar-refractivity contribution >= 4 is 5.97 Å². The van der Waals surface area contributed by atoms with Crippen LogP contribution in [0.2, 0.25) is 0 Å². The first kappa shape index (κ1) is 35.3. The number of phenols is 2. The summed E-state index contributed by atoms with van der Waals surface area (Å²) in [7, 11) is 0. The molecule has 0 aromatic heterocycles. The van der Waals surface area contributed by atoms with Gasteiger partial charge in [-0.2, -0.15) is 4.89 Å². The van der Waals surface area contributed by atoms with Crippen molar-refractivity contribution in [2.75, 3.05) is 6.61 Å². The van der Waals surface area contributed by atoms with E-state index in [0.29, 0.717) is 13.0 Å². The number of hydrogen-bond acceptors (Lipinski definition) is 5. The van der Waals surface area contributed by atoms with Crippen LogP contribution < -0.4 is 0 Å². The van der Waals surface area contributed by atoms with E-state index in [-0.39, 0.29) is 17.1 Å². The minimum absolute atomic E-state index is 0.102. The van der Waals surface area contributed by atoms with E-state index in [1.807, 2.05) is 6.92 Å². The molecule has 0 unspecified atom stereocenters. The van der Waals surface area contributed by atoms with Crippen molar-refractivity contribution in [3.63, 3.8) is 0 Å². The van der Waals surface area contributed by atoms with Gasteiger partial charge in [-0.1, -0.05) is 124 Å². The molecule has 0 fully saturated rings. The van der Waals surface area contributed by atoms with Crippen LogP contribution in [0.25, 0.3) is 0 Å². The molecule has 1 rings (SSSR count). The van der Waals surface area contributed by atoms with Gasteiger partial charge in [0.15, 0.2) is 11.5 Å². The monoisotopic (exact) mass is 548 g/mol. The van der Waals surface area contributed by atoms with Gasteiger partial charge in [0.25, 0.3) is 0 Å². The maximum atomic E-state index is 13.1. The van der Waals surface area contributed by atoms with Crippen molar-refractivity contribution in [2.24, 2.45) is 0 Å². The first-order chi connectivity index (χ1) is 19.0. The summed E-state index contributed by atoms with van der Waals surface area (Å²) in [5.41, 5.74) is 2.86. The highest BCUT2D eigenvalue weighted by atomic mass is 17.2. The number of carbonyl (C=O) groups excluding carboxylic acids is 1. The molecular formula is C34H60O5. The van der Waals surface area contributed by atoms with Crippen LogP contribution in [-0.2, 0) is 29.0 Å². The molecule has 0 aliphatic heterocycles. The van der Waals surface area contributed by atoms with Crippen LogP contribution in [0.5, 0.6) is 11.5 Å². The fraction of sp³-hybridized carbons (Fsp3) is 0.794.